The topological polar surface area (TPSA) is 46.2 Å². The first-order valence-electron chi connectivity index (χ1n) is 4.35. The Morgan fingerprint density at radius 3 is 2.56 bits per heavy atom. The molecule has 86 valence electrons. The van der Waals surface area contributed by atoms with Gasteiger partial charge in [-0.15, -0.1) is 0 Å². The molecule has 1 aromatic carbocycles. The van der Waals surface area contributed by atoms with Crippen molar-refractivity contribution in [1.82, 2.24) is 0 Å². The van der Waals surface area contributed by atoms with Crippen LogP contribution < -0.4 is 5.32 Å². The summed E-state index contributed by atoms with van der Waals surface area (Å²) in [6.45, 7) is 0. The zero-order valence-electron chi connectivity index (χ0n) is 8.10. The number of amides is 1. The van der Waals surface area contributed by atoms with Gasteiger partial charge in [0.25, 0.3) is 0 Å². The lowest BCUT2D eigenvalue weighted by molar-refractivity contribution is -0.123. The fourth-order valence-electron chi connectivity index (χ4n) is 1.01. The first-order chi connectivity index (χ1) is 7.52. The molecule has 0 aromatic heterocycles. The Hall–Kier alpha value is -1.30. The van der Waals surface area contributed by atoms with Gasteiger partial charge in [-0.1, -0.05) is 15.9 Å². The Kier molecular flexibility index (Phi) is 4.54. The van der Waals surface area contributed by atoms with Gasteiger partial charge in [0.2, 0.25) is 5.91 Å². The van der Waals surface area contributed by atoms with Crippen LogP contribution in [-0.4, -0.2) is 17.0 Å². The van der Waals surface area contributed by atoms with Crippen molar-refractivity contribution in [3.05, 3.63) is 29.8 Å². The number of Topliss-reactive ketones (excluding diaryl/α,β-unsaturated/α-hetero) is 1. The summed E-state index contributed by atoms with van der Waals surface area (Å²) >= 11 is 2.90. The van der Waals surface area contributed by atoms with Crippen LogP contribution in [0.15, 0.2) is 18.2 Å². The lowest BCUT2D eigenvalue weighted by Crippen LogP contribution is -2.17. The summed E-state index contributed by atoms with van der Waals surface area (Å²) in [6, 6.07) is 2.77. The van der Waals surface area contributed by atoms with Gasteiger partial charge in [-0.05, 0) is 12.1 Å². The standard InChI is InChI=1S/C10H8BrF2NO2/c11-5-7(15)4-10(16)14-9-2-1-6(12)3-8(9)13/h1-3H,4-5H2,(H,14,16). The number of benzene rings is 1. The fraction of sp³-hybridized carbons (Fsp3) is 0.200. The molecule has 0 spiro atoms. The summed E-state index contributed by atoms with van der Waals surface area (Å²) in [6.07, 6.45) is -0.345. The first-order valence-corrected chi connectivity index (χ1v) is 5.47. The zero-order chi connectivity index (χ0) is 12.1. The smallest absolute Gasteiger partial charge is 0.231 e. The summed E-state index contributed by atoms with van der Waals surface area (Å²) in [4.78, 5) is 22.1. The average Bonchev–Trinajstić information content (AvgIpc) is 2.22. The molecule has 0 atom stereocenters. The van der Waals surface area contributed by atoms with Crippen molar-refractivity contribution < 1.29 is 18.4 Å². The van der Waals surface area contributed by atoms with E-state index in [0.29, 0.717) is 6.07 Å². The van der Waals surface area contributed by atoms with E-state index in [-0.39, 0.29) is 23.2 Å². The molecule has 0 fully saturated rings. The molecular weight excluding hydrogens is 284 g/mol. The van der Waals surface area contributed by atoms with Crippen LogP contribution in [0.2, 0.25) is 0 Å². The highest BCUT2D eigenvalue weighted by Crippen LogP contribution is 2.15. The molecule has 0 aliphatic carbocycles. The van der Waals surface area contributed by atoms with Crippen LogP contribution in [0.1, 0.15) is 6.42 Å². The van der Waals surface area contributed by atoms with Crippen LogP contribution in [-0.2, 0) is 9.59 Å². The molecule has 1 N–H and O–H groups in total. The number of nitrogens with one attached hydrogen (secondary N) is 1. The second-order valence-corrected chi connectivity index (χ2v) is 3.58. The summed E-state index contributed by atoms with van der Waals surface area (Å²) in [5, 5.41) is 2.24. The molecule has 6 heteroatoms. The van der Waals surface area contributed by atoms with Gasteiger partial charge in [-0.3, -0.25) is 9.59 Å². The van der Waals surface area contributed by atoms with E-state index in [0.717, 1.165) is 12.1 Å². The predicted molar refractivity (Wildman–Crippen MR) is 58.4 cm³/mol. The number of hydrogen-bond donors (Lipinski definition) is 1. The maximum Gasteiger partial charge on any atom is 0.231 e. The lowest BCUT2D eigenvalue weighted by atomic mass is 10.2. The van der Waals surface area contributed by atoms with Gasteiger partial charge in [0.05, 0.1) is 17.4 Å². The number of anilines is 1. The van der Waals surface area contributed by atoms with Crippen LogP contribution >= 0.6 is 15.9 Å². The van der Waals surface area contributed by atoms with E-state index < -0.39 is 17.5 Å². The Bertz CT molecular complexity index is 423. The van der Waals surface area contributed by atoms with E-state index in [1.807, 2.05) is 0 Å². The maximum absolute atomic E-state index is 13.1. The molecule has 3 nitrogen and oxygen atoms in total. The summed E-state index contributed by atoms with van der Waals surface area (Å²) < 4.78 is 25.6. The van der Waals surface area contributed by atoms with Gasteiger partial charge in [0, 0.05) is 6.07 Å². The Balaban J connectivity index is 2.66. The monoisotopic (exact) mass is 291 g/mol. The fourth-order valence-corrected chi connectivity index (χ4v) is 1.21. The van der Waals surface area contributed by atoms with Gasteiger partial charge in [0.15, 0.2) is 5.78 Å². The van der Waals surface area contributed by atoms with Crippen LogP contribution in [0, 0.1) is 11.6 Å². The largest absolute Gasteiger partial charge is 0.323 e. The summed E-state index contributed by atoms with van der Waals surface area (Å²) in [5.74, 6) is -2.55. The highest BCUT2D eigenvalue weighted by atomic mass is 79.9. The van der Waals surface area contributed by atoms with E-state index in [2.05, 4.69) is 21.2 Å². The molecule has 1 rings (SSSR count). The van der Waals surface area contributed by atoms with E-state index in [1.165, 1.54) is 0 Å². The third-order valence-corrected chi connectivity index (χ3v) is 2.34. The molecular formula is C10H8BrF2NO2. The molecule has 0 unspecified atom stereocenters. The molecule has 0 saturated heterocycles. The molecule has 0 bridgehead atoms. The quantitative estimate of drug-likeness (QED) is 0.683. The van der Waals surface area contributed by atoms with Crippen molar-refractivity contribution in [2.75, 3.05) is 10.6 Å². The molecule has 0 aliphatic rings. The second-order valence-electron chi connectivity index (χ2n) is 3.02. The number of carbonyl (C=O) groups is 2. The maximum atomic E-state index is 13.1. The Morgan fingerprint density at radius 1 is 1.31 bits per heavy atom. The number of halogens is 3. The normalized spacial score (nSPS) is 9.94. The average molecular weight is 292 g/mol. The van der Waals surface area contributed by atoms with Gasteiger partial charge in [-0.25, -0.2) is 8.78 Å². The minimum Gasteiger partial charge on any atom is -0.323 e. The van der Waals surface area contributed by atoms with Crippen molar-refractivity contribution in [2.45, 2.75) is 6.42 Å². The van der Waals surface area contributed by atoms with Crippen molar-refractivity contribution in [3.8, 4) is 0 Å². The molecule has 0 heterocycles. The summed E-state index contributed by atoms with van der Waals surface area (Å²) in [5.41, 5.74) is -0.145. The number of alkyl halides is 1. The Labute approximate surface area is 99.0 Å². The molecule has 1 aromatic rings. The zero-order valence-corrected chi connectivity index (χ0v) is 9.68. The van der Waals surface area contributed by atoms with Gasteiger partial charge in [0.1, 0.15) is 11.6 Å². The minimum atomic E-state index is -0.875. The molecule has 1 amide bonds. The van der Waals surface area contributed by atoms with E-state index in [9.17, 15) is 18.4 Å². The third-order valence-electron chi connectivity index (χ3n) is 1.71. The minimum absolute atomic E-state index is 0.0618. The number of ketones is 1. The molecule has 0 radical (unpaired) electrons. The van der Waals surface area contributed by atoms with Gasteiger partial charge < -0.3 is 5.32 Å². The number of carbonyl (C=O) groups excluding carboxylic acids is 2. The van der Waals surface area contributed by atoms with Gasteiger partial charge >= 0.3 is 0 Å². The van der Waals surface area contributed by atoms with Gasteiger partial charge in [-0.2, -0.15) is 0 Å². The predicted octanol–water partition coefficient (Wildman–Crippen LogP) is 2.26. The molecule has 16 heavy (non-hydrogen) atoms. The van der Waals surface area contributed by atoms with Crippen LogP contribution in [0.4, 0.5) is 14.5 Å². The van der Waals surface area contributed by atoms with Crippen molar-refractivity contribution >= 4 is 33.3 Å². The van der Waals surface area contributed by atoms with Crippen LogP contribution in [0.25, 0.3) is 0 Å². The summed E-state index contributed by atoms with van der Waals surface area (Å²) in [7, 11) is 0. The van der Waals surface area contributed by atoms with Crippen molar-refractivity contribution in [3.63, 3.8) is 0 Å². The molecule has 0 saturated carbocycles. The Morgan fingerprint density at radius 2 is 2.00 bits per heavy atom. The lowest BCUT2D eigenvalue weighted by Gasteiger charge is -2.05. The van der Waals surface area contributed by atoms with E-state index in [1.54, 1.807) is 0 Å². The SMILES string of the molecule is O=C(CBr)CC(=O)Nc1ccc(F)cc1F. The van der Waals surface area contributed by atoms with Crippen LogP contribution in [0.3, 0.4) is 0 Å². The number of hydrogen-bond acceptors (Lipinski definition) is 2. The van der Waals surface area contributed by atoms with E-state index in [4.69, 9.17) is 0 Å². The van der Waals surface area contributed by atoms with Crippen molar-refractivity contribution in [1.29, 1.82) is 0 Å². The first kappa shape index (κ1) is 12.8. The van der Waals surface area contributed by atoms with Crippen molar-refractivity contribution in [2.24, 2.45) is 0 Å². The highest BCUT2D eigenvalue weighted by molar-refractivity contribution is 9.09. The van der Waals surface area contributed by atoms with Crippen LogP contribution in [0.5, 0.6) is 0 Å². The molecule has 0 aliphatic heterocycles. The highest BCUT2D eigenvalue weighted by Gasteiger charge is 2.11. The third kappa shape index (κ3) is 3.69. The number of rotatable bonds is 4. The second kappa shape index (κ2) is 5.69. The van der Waals surface area contributed by atoms with E-state index >= 15 is 0 Å².